The molecule has 2 heterocycles. The average molecular weight is 265 g/mol. The largest absolute Gasteiger partial charge is 0.368 e. The Morgan fingerprint density at radius 2 is 2.37 bits per heavy atom. The molecule has 1 saturated heterocycles. The van der Waals surface area contributed by atoms with Crippen LogP contribution in [0.25, 0.3) is 0 Å². The van der Waals surface area contributed by atoms with Gasteiger partial charge in [-0.1, -0.05) is 6.92 Å². The molecule has 1 unspecified atom stereocenters. The molecule has 0 aromatic carbocycles. The zero-order chi connectivity index (χ0) is 13.7. The highest BCUT2D eigenvalue weighted by Gasteiger charge is 2.28. The van der Waals surface area contributed by atoms with Crippen LogP contribution in [0.2, 0.25) is 0 Å². The van der Waals surface area contributed by atoms with Gasteiger partial charge in [-0.25, -0.2) is 4.98 Å². The second-order valence-corrected chi connectivity index (χ2v) is 4.96. The van der Waals surface area contributed by atoms with Crippen LogP contribution in [0.3, 0.4) is 0 Å². The molecule has 1 atom stereocenters. The molecule has 0 spiro atoms. The maximum atomic E-state index is 11.9. The normalized spacial score (nSPS) is 19.0. The van der Waals surface area contributed by atoms with Crippen LogP contribution in [0.5, 0.6) is 0 Å². The average Bonchev–Trinajstić information content (AvgIpc) is 2.65. The number of hydrogen-bond donors (Lipinski definition) is 2. The molecule has 2 rings (SSSR count). The second kappa shape index (κ2) is 6.68. The van der Waals surface area contributed by atoms with Gasteiger partial charge in [0.1, 0.15) is 6.04 Å². The van der Waals surface area contributed by atoms with Gasteiger partial charge in [0.2, 0.25) is 5.91 Å². The predicted octanol–water partition coefficient (Wildman–Crippen LogP) is 0.115. The fraction of sp³-hybridized carbons (Fsp3) is 0.692. The minimum atomic E-state index is -0.367. The molecule has 1 aliphatic heterocycles. The molecule has 0 radical (unpaired) electrons. The van der Waals surface area contributed by atoms with E-state index in [1.165, 1.54) is 0 Å². The van der Waals surface area contributed by atoms with Gasteiger partial charge in [0.15, 0.2) is 0 Å². The first-order valence-electron chi connectivity index (χ1n) is 6.98. The van der Waals surface area contributed by atoms with Crippen molar-refractivity contribution in [2.75, 3.05) is 26.2 Å². The lowest BCUT2D eigenvalue weighted by atomic mass is 10.1. The van der Waals surface area contributed by atoms with E-state index < -0.39 is 0 Å². The Kier molecular flexibility index (Phi) is 4.93. The molecule has 1 aromatic heterocycles. The van der Waals surface area contributed by atoms with Crippen LogP contribution in [0.4, 0.5) is 0 Å². The molecule has 1 aliphatic rings. The van der Waals surface area contributed by atoms with E-state index in [0.717, 1.165) is 51.3 Å². The number of aromatic nitrogens is 2. The third-order valence-electron chi connectivity index (χ3n) is 3.50. The summed E-state index contributed by atoms with van der Waals surface area (Å²) in [6, 6.07) is -0.367. The summed E-state index contributed by atoms with van der Waals surface area (Å²) in [5.41, 5.74) is 6.55. The van der Waals surface area contributed by atoms with Gasteiger partial charge in [0, 0.05) is 26.2 Å². The maximum absolute atomic E-state index is 11.9. The Hall–Kier alpha value is -1.40. The molecule has 19 heavy (non-hydrogen) atoms. The summed E-state index contributed by atoms with van der Waals surface area (Å²) >= 11 is 0. The number of nitrogens with two attached hydrogens (primary N) is 1. The van der Waals surface area contributed by atoms with Gasteiger partial charge >= 0.3 is 0 Å². The monoisotopic (exact) mass is 265 g/mol. The van der Waals surface area contributed by atoms with E-state index in [0.29, 0.717) is 0 Å². The lowest BCUT2D eigenvalue weighted by Crippen LogP contribution is -2.40. The third-order valence-corrected chi connectivity index (χ3v) is 3.50. The summed E-state index contributed by atoms with van der Waals surface area (Å²) in [5, 5.41) is 3.34. The quantitative estimate of drug-likeness (QED) is 0.792. The summed E-state index contributed by atoms with van der Waals surface area (Å²) in [6.07, 6.45) is 5.59. The minimum absolute atomic E-state index is 0.292. The number of primary amides is 1. The van der Waals surface area contributed by atoms with Crippen LogP contribution in [-0.2, 0) is 11.3 Å². The fourth-order valence-electron chi connectivity index (χ4n) is 2.62. The molecule has 0 saturated carbocycles. The van der Waals surface area contributed by atoms with Gasteiger partial charge in [-0.3, -0.25) is 9.69 Å². The van der Waals surface area contributed by atoms with Crippen LogP contribution in [0.15, 0.2) is 12.5 Å². The highest BCUT2D eigenvalue weighted by Crippen LogP contribution is 2.21. The van der Waals surface area contributed by atoms with Gasteiger partial charge in [-0.15, -0.1) is 0 Å². The van der Waals surface area contributed by atoms with Crippen LogP contribution in [0, 0.1) is 0 Å². The first-order valence-corrected chi connectivity index (χ1v) is 6.98. The summed E-state index contributed by atoms with van der Waals surface area (Å²) in [6.45, 7) is 6.59. The number of imidazole rings is 1. The van der Waals surface area contributed by atoms with E-state index in [1.807, 2.05) is 4.57 Å². The van der Waals surface area contributed by atoms with Crippen LogP contribution in [-0.4, -0.2) is 46.5 Å². The molecule has 0 aliphatic carbocycles. The summed E-state index contributed by atoms with van der Waals surface area (Å²) in [5.74, 6) is -0.292. The van der Waals surface area contributed by atoms with Gasteiger partial charge in [-0.05, 0) is 19.4 Å². The van der Waals surface area contributed by atoms with Crippen molar-refractivity contribution in [1.82, 2.24) is 19.8 Å². The Morgan fingerprint density at radius 3 is 3.11 bits per heavy atom. The number of carbonyl (C=O) groups excluding carboxylic acids is 1. The number of nitrogens with one attached hydrogen (secondary N) is 1. The van der Waals surface area contributed by atoms with Crippen molar-refractivity contribution in [2.45, 2.75) is 32.4 Å². The Bertz CT molecular complexity index is 409. The zero-order valence-corrected chi connectivity index (χ0v) is 11.5. The van der Waals surface area contributed by atoms with Crippen molar-refractivity contribution < 1.29 is 4.79 Å². The molecular formula is C13H23N5O. The highest BCUT2D eigenvalue weighted by molar-refractivity contribution is 5.81. The van der Waals surface area contributed by atoms with Gasteiger partial charge in [-0.2, -0.15) is 0 Å². The number of aryl methyl sites for hydroxylation is 1. The van der Waals surface area contributed by atoms with Crippen molar-refractivity contribution in [2.24, 2.45) is 5.73 Å². The molecule has 6 nitrogen and oxygen atoms in total. The lowest BCUT2D eigenvalue weighted by molar-refractivity contribution is -0.123. The third kappa shape index (κ3) is 3.33. The van der Waals surface area contributed by atoms with E-state index in [1.54, 1.807) is 12.5 Å². The van der Waals surface area contributed by atoms with Crippen molar-refractivity contribution in [1.29, 1.82) is 0 Å². The fourth-order valence-corrected chi connectivity index (χ4v) is 2.62. The maximum Gasteiger partial charge on any atom is 0.240 e. The standard InChI is InChI=1S/C13H23N5O/c1-2-6-18-10-16-9-11(18)12(13(14)19)17-7-3-4-15-5-8-17/h9-10,12,15H,2-8H2,1H3,(H2,14,19). The number of rotatable bonds is 5. The smallest absolute Gasteiger partial charge is 0.240 e. The molecule has 1 fully saturated rings. The molecule has 6 heteroatoms. The Labute approximate surface area is 114 Å². The van der Waals surface area contributed by atoms with E-state index in [2.05, 4.69) is 22.1 Å². The van der Waals surface area contributed by atoms with E-state index in [9.17, 15) is 4.79 Å². The van der Waals surface area contributed by atoms with E-state index in [4.69, 9.17) is 5.73 Å². The predicted molar refractivity (Wildman–Crippen MR) is 73.5 cm³/mol. The Balaban J connectivity index is 2.23. The van der Waals surface area contributed by atoms with E-state index in [-0.39, 0.29) is 11.9 Å². The SMILES string of the molecule is CCCn1cncc1C(C(N)=O)N1CCCNCC1. The van der Waals surface area contributed by atoms with Gasteiger partial charge in [0.05, 0.1) is 18.2 Å². The van der Waals surface area contributed by atoms with Crippen LogP contribution < -0.4 is 11.1 Å². The molecular weight excluding hydrogens is 242 g/mol. The van der Waals surface area contributed by atoms with Gasteiger partial charge < -0.3 is 15.6 Å². The molecule has 3 N–H and O–H groups in total. The number of amides is 1. The van der Waals surface area contributed by atoms with Crippen molar-refractivity contribution in [3.8, 4) is 0 Å². The van der Waals surface area contributed by atoms with Crippen LogP contribution in [0.1, 0.15) is 31.5 Å². The first-order chi connectivity index (χ1) is 9.24. The molecule has 1 aromatic rings. The summed E-state index contributed by atoms with van der Waals surface area (Å²) in [4.78, 5) is 18.2. The first kappa shape index (κ1) is 14.0. The van der Waals surface area contributed by atoms with Crippen molar-refractivity contribution in [3.63, 3.8) is 0 Å². The Morgan fingerprint density at radius 1 is 1.53 bits per heavy atom. The second-order valence-electron chi connectivity index (χ2n) is 4.96. The summed E-state index contributed by atoms with van der Waals surface area (Å²) in [7, 11) is 0. The zero-order valence-electron chi connectivity index (χ0n) is 11.5. The van der Waals surface area contributed by atoms with Crippen molar-refractivity contribution >= 4 is 5.91 Å². The minimum Gasteiger partial charge on any atom is -0.368 e. The van der Waals surface area contributed by atoms with Crippen LogP contribution >= 0.6 is 0 Å². The topological polar surface area (TPSA) is 76.2 Å². The molecule has 0 bridgehead atoms. The summed E-state index contributed by atoms with van der Waals surface area (Å²) < 4.78 is 2.04. The number of nitrogens with zero attached hydrogens (tertiary/aromatic N) is 3. The van der Waals surface area contributed by atoms with E-state index >= 15 is 0 Å². The number of hydrogen-bond acceptors (Lipinski definition) is 4. The lowest BCUT2D eigenvalue weighted by Gasteiger charge is -2.28. The van der Waals surface area contributed by atoms with Gasteiger partial charge in [0.25, 0.3) is 0 Å². The number of carbonyl (C=O) groups is 1. The highest BCUT2D eigenvalue weighted by atomic mass is 16.1. The molecule has 106 valence electrons. The molecule has 1 amide bonds. The van der Waals surface area contributed by atoms with Crippen molar-refractivity contribution in [3.05, 3.63) is 18.2 Å².